The zero-order chi connectivity index (χ0) is 24.1. The van der Waals surface area contributed by atoms with Crippen LogP contribution in [0.25, 0.3) is 0 Å². The molecule has 0 saturated heterocycles. The second-order valence-corrected chi connectivity index (χ2v) is 9.11. The van der Waals surface area contributed by atoms with Crippen molar-refractivity contribution in [1.29, 1.82) is 0 Å². The molecule has 0 aliphatic heterocycles. The molecule has 0 atom stereocenters. The molecule has 5 heteroatoms. The van der Waals surface area contributed by atoms with E-state index in [9.17, 15) is 4.79 Å². The van der Waals surface area contributed by atoms with Gasteiger partial charge in [0, 0.05) is 13.0 Å². The molecule has 0 N–H and O–H groups in total. The van der Waals surface area contributed by atoms with Gasteiger partial charge in [0.15, 0.2) is 0 Å². The van der Waals surface area contributed by atoms with Crippen LogP contribution in [0.4, 0.5) is 0 Å². The van der Waals surface area contributed by atoms with Crippen LogP contribution in [0.1, 0.15) is 129 Å². The molecule has 0 aliphatic rings. The standard InChI is InChI=1S/C28H56O5/c1-3-5-7-9-10-11-12-13-14-15-16-17-19-21-30-22-23-31-24-25-32-26-27-33-28(29)20-18-8-6-4-2/h3-27H2,1-2H3. The molecule has 0 aromatic carbocycles. The van der Waals surface area contributed by atoms with Crippen molar-refractivity contribution in [1.82, 2.24) is 0 Å². The Morgan fingerprint density at radius 1 is 0.424 bits per heavy atom. The third-order valence-corrected chi connectivity index (χ3v) is 5.86. The first kappa shape index (κ1) is 32.4. The maximum atomic E-state index is 11.5. The molecular weight excluding hydrogens is 416 g/mol. The van der Waals surface area contributed by atoms with Crippen LogP contribution in [0.3, 0.4) is 0 Å². The summed E-state index contributed by atoms with van der Waals surface area (Å²) in [6.45, 7) is 8.35. The molecule has 0 spiro atoms. The summed E-state index contributed by atoms with van der Waals surface area (Å²) in [5.74, 6) is -0.119. The van der Waals surface area contributed by atoms with Crippen LogP contribution < -0.4 is 0 Å². The molecule has 0 aromatic heterocycles. The van der Waals surface area contributed by atoms with Crippen molar-refractivity contribution in [3.63, 3.8) is 0 Å². The molecule has 0 fully saturated rings. The maximum absolute atomic E-state index is 11.5. The summed E-state index contributed by atoms with van der Waals surface area (Å²) >= 11 is 0. The van der Waals surface area contributed by atoms with Crippen molar-refractivity contribution in [3.05, 3.63) is 0 Å². The highest BCUT2D eigenvalue weighted by molar-refractivity contribution is 5.69. The number of rotatable bonds is 28. The Balaban J connectivity index is 3.07. The third kappa shape index (κ3) is 29.3. The lowest BCUT2D eigenvalue weighted by Crippen LogP contribution is -2.14. The molecule has 0 rings (SSSR count). The van der Waals surface area contributed by atoms with Crippen LogP contribution in [0.5, 0.6) is 0 Å². The quantitative estimate of drug-likeness (QED) is 0.0865. The summed E-state index contributed by atoms with van der Waals surface area (Å²) in [6.07, 6.45) is 22.7. The van der Waals surface area contributed by atoms with Gasteiger partial charge in [0.25, 0.3) is 0 Å². The number of hydrogen-bond donors (Lipinski definition) is 0. The summed E-state index contributed by atoms with van der Waals surface area (Å²) in [6, 6.07) is 0. The number of unbranched alkanes of at least 4 members (excludes halogenated alkanes) is 15. The number of esters is 1. The van der Waals surface area contributed by atoms with Crippen molar-refractivity contribution in [2.24, 2.45) is 0 Å². The Kier molecular flexibility index (Phi) is 28.8. The Morgan fingerprint density at radius 3 is 1.27 bits per heavy atom. The lowest BCUT2D eigenvalue weighted by Gasteiger charge is -2.08. The first-order valence-corrected chi connectivity index (χ1v) is 14.2. The van der Waals surface area contributed by atoms with Gasteiger partial charge in [0.2, 0.25) is 0 Å². The number of ether oxygens (including phenoxy) is 4. The molecular formula is C28H56O5. The largest absolute Gasteiger partial charge is 0.463 e. The van der Waals surface area contributed by atoms with Crippen LogP contribution in [0, 0.1) is 0 Å². The molecule has 0 aromatic rings. The first-order chi connectivity index (χ1) is 16.3. The van der Waals surface area contributed by atoms with E-state index in [1.165, 1.54) is 89.9 Å². The third-order valence-electron chi connectivity index (χ3n) is 5.86. The molecule has 0 amide bonds. The topological polar surface area (TPSA) is 54.0 Å². The van der Waals surface area contributed by atoms with Crippen LogP contribution in [-0.2, 0) is 23.7 Å². The highest BCUT2D eigenvalue weighted by atomic mass is 16.6. The van der Waals surface area contributed by atoms with Gasteiger partial charge in [-0.2, -0.15) is 0 Å². The smallest absolute Gasteiger partial charge is 0.305 e. The minimum atomic E-state index is -0.119. The van der Waals surface area contributed by atoms with Gasteiger partial charge in [-0.3, -0.25) is 4.79 Å². The Bertz CT molecular complexity index is 375. The van der Waals surface area contributed by atoms with Gasteiger partial charge in [0.05, 0.1) is 33.0 Å². The molecule has 0 heterocycles. The monoisotopic (exact) mass is 472 g/mol. The minimum Gasteiger partial charge on any atom is -0.463 e. The second kappa shape index (κ2) is 29.4. The van der Waals surface area contributed by atoms with E-state index in [1.54, 1.807) is 0 Å². The lowest BCUT2D eigenvalue weighted by atomic mass is 10.0. The van der Waals surface area contributed by atoms with Crippen molar-refractivity contribution < 1.29 is 23.7 Å². The molecule has 5 nitrogen and oxygen atoms in total. The fourth-order valence-corrected chi connectivity index (χ4v) is 3.75. The van der Waals surface area contributed by atoms with E-state index < -0.39 is 0 Å². The van der Waals surface area contributed by atoms with Gasteiger partial charge >= 0.3 is 5.97 Å². The van der Waals surface area contributed by atoms with Crippen LogP contribution in [0.2, 0.25) is 0 Å². The molecule has 198 valence electrons. The number of carbonyl (C=O) groups is 1. The maximum Gasteiger partial charge on any atom is 0.305 e. The van der Waals surface area contributed by atoms with Crippen molar-refractivity contribution in [2.75, 3.05) is 46.2 Å². The van der Waals surface area contributed by atoms with E-state index in [1.807, 2.05) is 0 Å². The SMILES string of the molecule is CCCCCCCCCCCCCCCOCCOCCOCCOC(=O)CCCCCC. The Labute approximate surface area is 205 Å². The van der Waals surface area contributed by atoms with Gasteiger partial charge in [-0.1, -0.05) is 110 Å². The van der Waals surface area contributed by atoms with E-state index in [2.05, 4.69) is 13.8 Å². The number of hydrogen-bond acceptors (Lipinski definition) is 5. The highest BCUT2D eigenvalue weighted by Crippen LogP contribution is 2.12. The van der Waals surface area contributed by atoms with E-state index in [4.69, 9.17) is 18.9 Å². The second-order valence-electron chi connectivity index (χ2n) is 9.11. The zero-order valence-electron chi connectivity index (χ0n) is 22.2. The molecule has 0 bridgehead atoms. The molecule has 0 unspecified atom stereocenters. The fraction of sp³-hybridized carbons (Fsp3) is 0.964. The molecule has 0 saturated carbocycles. The van der Waals surface area contributed by atoms with E-state index in [0.29, 0.717) is 46.1 Å². The normalized spacial score (nSPS) is 11.2. The Morgan fingerprint density at radius 2 is 0.788 bits per heavy atom. The van der Waals surface area contributed by atoms with Gasteiger partial charge in [0.1, 0.15) is 6.61 Å². The van der Waals surface area contributed by atoms with Crippen molar-refractivity contribution >= 4 is 5.97 Å². The minimum absolute atomic E-state index is 0.119. The van der Waals surface area contributed by atoms with E-state index in [-0.39, 0.29) is 5.97 Å². The summed E-state index contributed by atoms with van der Waals surface area (Å²) in [5.41, 5.74) is 0. The van der Waals surface area contributed by atoms with E-state index in [0.717, 1.165) is 25.9 Å². The van der Waals surface area contributed by atoms with Gasteiger partial charge < -0.3 is 18.9 Å². The average Bonchev–Trinajstić information content (AvgIpc) is 2.82. The summed E-state index contributed by atoms with van der Waals surface area (Å²) in [7, 11) is 0. The molecule has 33 heavy (non-hydrogen) atoms. The van der Waals surface area contributed by atoms with E-state index >= 15 is 0 Å². The summed E-state index contributed by atoms with van der Waals surface area (Å²) < 4.78 is 21.7. The Hall–Kier alpha value is -0.650. The summed E-state index contributed by atoms with van der Waals surface area (Å²) in [5, 5.41) is 0. The first-order valence-electron chi connectivity index (χ1n) is 14.2. The molecule has 0 aliphatic carbocycles. The van der Waals surface area contributed by atoms with Crippen LogP contribution in [-0.4, -0.2) is 52.2 Å². The van der Waals surface area contributed by atoms with Crippen molar-refractivity contribution in [3.8, 4) is 0 Å². The van der Waals surface area contributed by atoms with Gasteiger partial charge in [-0.15, -0.1) is 0 Å². The van der Waals surface area contributed by atoms with Crippen LogP contribution in [0.15, 0.2) is 0 Å². The predicted molar refractivity (Wildman–Crippen MR) is 138 cm³/mol. The van der Waals surface area contributed by atoms with Crippen LogP contribution >= 0.6 is 0 Å². The molecule has 0 radical (unpaired) electrons. The fourth-order valence-electron chi connectivity index (χ4n) is 3.75. The average molecular weight is 473 g/mol. The van der Waals surface area contributed by atoms with Gasteiger partial charge in [-0.05, 0) is 12.8 Å². The zero-order valence-corrected chi connectivity index (χ0v) is 22.2. The van der Waals surface area contributed by atoms with Gasteiger partial charge in [-0.25, -0.2) is 0 Å². The lowest BCUT2D eigenvalue weighted by molar-refractivity contribution is -0.145. The van der Waals surface area contributed by atoms with Crippen molar-refractivity contribution in [2.45, 2.75) is 129 Å². The highest BCUT2D eigenvalue weighted by Gasteiger charge is 2.02. The summed E-state index contributed by atoms with van der Waals surface area (Å²) in [4.78, 5) is 11.5. The predicted octanol–water partition coefficient (Wildman–Crippen LogP) is 7.64. The number of carbonyl (C=O) groups excluding carboxylic acids is 1.